The van der Waals surface area contributed by atoms with Gasteiger partial charge in [0.2, 0.25) is 5.91 Å². The van der Waals surface area contributed by atoms with E-state index in [4.69, 9.17) is 9.26 Å². The van der Waals surface area contributed by atoms with Crippen molar-refractivity contribution >= 4 is 30.5 Å². The molecule has 0 saturated heterocycles. The Morgan fingerprint density at radius 2 is 1.90 bits per heavy atom. The maximum atomic E-state index is 12.8. The zero-order valence-electron chi connectivity index (χ0n) is 23.1. The summed E-state index contributed by atoms with van der Waals surface area (Å²) < 4.78 is 23.1. The lowest BCUT2D eigenvalue weighted by Gasteiger charge is -2.18. The molecule has 0 aliphatic heterocycles. The molecular weight excluding hydrogens is 545 g/mol. The Labute approximate surface area is 237 Å². The van der Waals surface area contributed by atoms with Crippen LogP contribution in [0.4, 0.5) is 5.69 Å². The molecule has 2 aromatic heterocycles. The van der Waals surface area contributed by atoms with Crippen LogP contribution in [0.3, 0.4) is 0 Å². The molecule has 11 nitrogen and oxygen atoms in total. The first-order chi connectivity index (χ1) is 19.5. The number of nitriles is 1. The average molecular weight is 576 g/mol. The molecule has 0 bridgehead atoms. The molecular formula is C29H30N5O6P. The molecule has 1 amide bonds. The summed E-state index contributed by atoms with van der Waals surface area (Å²) in [6.07, 6.45) is 6.62. The number of phosphoric acid groups is 1. The highest BCUT2D eigenvalue weighted by molar-refractivity contribution is 7.46. The first-order valence-electron chi connectivity index (χ1n) is 12.5. The summed E-state index contributed by atoms with van der Waals surface area (Å²) in [6.45, 7) is 0.204. The SMILES string of the molecule is COc1cc(-c2cnc3c(c2)c(-c2cccc(C#N)c2)cn3COP(=O)(O)O)cc(N(C)C(=O)/C=C/CN(C)C)c1. The molecule has 212 valence electrons. The van der Waals surface area contributed by atoms with Crippen molar-refractivity contribution < 1.29 is 28.4 Å². The van der Waals surface area contributed by atoms with E-state index in [2.05, 4.69) is 11.1 Å². The van der Waals surface area contributed by atoms with Crippen LogP contribution in [0.1, 0.15) is 5.56 Å². The summed E-state index contributed by atoms with van der Waals surface area (Å²) in [6, 6.07) is 16.5. The molecule has 0 saturated carbocycles. The van der Waals surface area contributed by atoms with Gasteiger partial charge in [-0.2, -0.15) is 5.26 Å². The van der Waals surface area contributed by atoms with Gasteiger partial charge >= 0.3 is 7.82 Å². The summed E-state index contributed by atoms with van der Waals surface area (Å²) in [5.74, 6) is 0.352. The lowest BCUT2D eigenvalue weighted by Crippen LogP contribution is -2.24. The van der Waals surface area contributed by atoms with Gasteiger partial charge < -0.3 is 28.9 Å². The third-order valence-electron chi connectivity index (χ3n) is 6.29. The molecule has 2 heterocycles. The van der Waals surface area contributed by atoms with Crippen LogP contribution in [0.25, 0.3) is 33.3 Å². The van der Waals surface area contributed by atoms with Gasteiger partial charge in [0.05, 0.1) is 18.7 Å². The molecule has 0 radical (unpaired) electrons. The second-order valence-corrected chi connectivity index (χ2v) is 10.8. The third kappa shape index (κ3) is 7.27. The zero-order valence-corrected chi connectivity index (χ0v) is 23.9. The number of aromatic nitrogens is 2. The van der Waals surface area contributed by atoms with Crippen LogP contribution in [0.2, 0.25) is 0 Å². The third-order valence-corrected chi connectivity index (χ3v) is 6.74. The van der Waals surface area contributed by atoms with Crippen LogP contribution in [0, 0.1) is 11.3 Å². The number of pyridine rings is 1. The predicted octanol–water partition coefficient (Wildman–Crippen LogP) is 4.40. The van der Waals surface area contributed by atoms with Crippen LogP contribution in [0.15, 0.2) is 73.1 Å². The summed E-state index contributed by atoms with van der Waals surface area (Å²) >= 11 is 0. The molecule has 4 aromatic rings. The maximum Gasteiger partial charge on any atom is 0.471 e. The number of rotatable bonds is 10. The number of phosphoric ester groups is 1. The number of fused-ring (bicyclic) bond motifs is 1. The highest BCUT2D eigenvalue weighted by atomic mass is 31.2. The van der Waals surface area contributed by atoms with Crippen molar-refractivity contribution in [3.8, 4) is 34.1 Å². The number of ether oxygens (including phenoxy) is 1. The Bertz CT molecular complexity index is 1700. The minimum atomic E-state index is -4.73. The van der Waals surface area contributed by atoms with E-state index in [-0.39, 0.29) is 5.91 Å². The topological polar surface area (TPSA) is 141 Å². The molecule has 4 rings (SSSR count). The van der Waals surface area contributed by atoms with Gasteiger partial charge in [0.25, 0.3) is 0 Å². The molecule has 0 aliphatic rings. The van der Waals surface area contributed by atoms with Crippen molar-refractivity contribution in [1.29, 1.82) is 5.26 Å². The number of benzene rings is 2. The number of anilines is 1. The van der Waals surface area contributed by atoms with Crippen molar-refractivity contribution in [2.45, 2.75) is 6.73 Å². The first-order valence-corrected chi connectivity index (χ1v) is 14.0. The van der Waals surface area contributed by atoms with Crippen molar-refractivity contribution in [3.63, 3.8) is 0 Å². The number of methoxy groups -OCH3 is 1. The van der Waals surface area contributed by atoms with E-state index in [9.17, 15) is 24.4 Å². The molecule has 2 aromatic carbocycles. The molecule has 2 N–H and O–H groups in total. The van der Waals surface area contributed by atoms with E-state index in [0.29, 0.717) is 45.7 Å². The maximum absolute atomic E-state index is 12.8. The molecule has 0 atom stereocenters. The van der Waals surface area contributed by atoms with E-state index in [1.54, 1.807) is 56.9 Å². The van der Waals surface area contributed by atoms with Gasteiger partial charge in [-0.3, -0.25) is 9.32 Å². The second-order valence-electron chi connectivity index (χ2n) is 9.53. The Balaban J connectivity index is 1.81. The van der Waals surface area contributed by atoms with E-state index >= 15 is 0 Å². The van der Waals surface area contributed by atoms with Crippen LogP contribution >= 0.6 is 7.82 Å². The molecule has 41 heavy (non-hydrogen) atoms. The monoisotopic (exact) mass is 575 g/mol. The summed E-state index contributed by atoms with van der Waals surface area (Å²) in [4.78, 5) is 39.4. The number of amides is 1. The molecule has 0 unspecified atom stereocenters. The van der Waals surface area contributed by atoms with Crippen molar-refractivity contribution in [1.82, 2.24) is 14.5 Å². The number of carbonyl (C=O) groups excluding carboxylic acids is 1. The van der Waals surface area contributed by atoms with Gasteiger partial charge in [-0.15, -0.1) is 0 Å². The minimum Gasteiger partial charge on any atom is -0.497 e. The van der Waals surface area contributed by atoms with Crippen molar-refractivity contribution in [3.05, 3.63) is 78.6 Å². The largest absolute Gasteiger partial charge is 0.497 e. The fourth-order valence-corrected chi connectivity index (χ4v) is 4.49. The Morgan fingerprint density at radius 1 is 1.12 bits per heavy atom. The minimum absolute atomic E-state index is 0.193. The quantitative estimate of drug-likeness (QED) is 0.208. The van der Waals surface area contributed by atoms with Crippen LogP contribution in [-0.2, 0) is 20.6 Å². The summed E-state index contributed by atoms with van der Waals surface area (Å²) in [5, 5.41) is 10.1. The van der Waals surface area contributed by atoms with E-state index < -0.39 is 14.6 Å². The van der Waals surface area contributed by atoms with E-state index in [0.717, 1.165) is 11.1 Å². The van der Waals surface area contributed by atoms with E-state index in [1.807, 2.05) is 43.3 Å². The van der Waals surface area contributed by atoms with E-state index in [1.165, 1.54) is 15.5 Å². The van der Waals surface area contributed by atoms with Gasteiger partial charge in [-0.25, -0.2) is 9.55 Å². The first kappa shape index (κ1) is 29.7. The number of carbonyl (C=O) groups is 1. The molecule has 0 aliphatic carbocycles. The predicted molar refractivity (Wildman–Crippen MR) is 156 cm³/mol. The second kappa shape index (κ2) is 12.5. The fraction of sp³-hybridized carbons (Fsp3) is 0.207. The standard InChI is InChI=1S/C29H30N5O6P/c1-32(2)10-6-9-28(35)33(3)24-12-22(13-25(15-24)39-4)23-14-26-27(21-8-5-7-20(11-21)16-30)18-34(29(26)31-17-23)19-40-41(36,37)38/h5-9,11-15,17-18H,10,19H2,1-4H3,(H2,36,37,38)/b9-6+. The summed E-state index contributed by atoms with van der Waals surface area (Å²) in [7, 11) is 2.34. The number of hydrogen-bond donors (Lipinski definition) is 2. The van der Waals surface area contributed by atoms with Gasteiger partial charge in [0.15, 0.2) is 0 Å². The normalized spacial score (nSPS) is 11.8. The van der Waals surface area contributed by atoms with Crippen molar-refractivity contribution in [2.75, 3.05) is 39.7 Å². The van der Waals surface area contributed by atoms with Crippen molar-refractivity contribution in [2.24, 2.45) is 0 Å². The van der Waals surface area contributed by atoms with Gasteiger partial charge in [-0.05, 0) is 55.6 Å². The summed E-state index contributed by atoms with van der Waals surface area (Å²) in [5.41, 5.74) is 4.39. The van der Waals surface area contributed by atoms with Crippen LogP contribution in [-0.4, -0.2) is 64.9 Å². The van der Waals surface area contributed by atoms with Crippen LogP contribution in [0.5, 0.6) is 5.75 Å². The number of hydrogen-bond acceptors (Lipinski definition) is 7. The van der Waals surface area contributed by atoms with Gasteiger partial charge in [-0.1, -0.05) is 18.2 Å². The smallest absolute Gasteiger partial charge is 0.471 e. The zero-order chi connectivity index (χ0) is 29.7. The highest BCUT2D eigenvalue weighted by Crippen LogP contribution is 2.39. The lowest BCUT2D eigenvalue weighted by molar-refractivity contribution is -0.113. The Hall–Kier alpha value is -4.30. The number of likely N-dealkylation sites (N-methyl/N-ethyl adjacent to an activating group) is 2. The highest BCUT2D eigenvalue weighted by Gasteiger charge is 2.19. The molecule has 0 spiro atoms. The average Bonchev–Trinajstić information content (AvgIpc) is 3.32. The molecule has 0 fully saturated rings. The number of nitrogens with zero attached hydrogens (tertiary/aromatic N) is 5. The Morgan fingerprint density at radius 3 is 2.59 bits per heavy atom. The lowest BCUT2D eigenvalue weighted by atomic mass is 10.0. The Kier molecular flexibility index (Phi) is 9.03. The molecule has 12 heteroatoms. The van der Waals surface area contributed by atoms with Crippen LogP contribution < -0.4 is 9.64 Å². The van der Waals surface area contributed by atoms with Gasteiger partial charge in [0, 0.05) is 60.3 Å². The fourth-order valence-electron chi connectivity index (χ4n) is 4.22. The van der Waals surface area contributed by atoms with Gasteiger partial charge in [0.1, 0.15) is 18.1 Å².